The predicted octanol–water partition coefficient (Wildman–Crippen LogP) is 3.52. The summed E-state index contributed by atoms with van der Waals surface area (Å²) in [6, 6.07) is 11.2. The van der Waals surface area contributed by atoms with E-state index in [1.165, 1.54) is 28.9 Å². The summed E-state index contributed by atoms with van der Waals surface area (Å²) < 4.78 is 25.0. The second kappa shape index (κ2) is 7.01. The Bertz CT molecular complexity index is 1110. The molecule has 0 N–H and O–H groups in total. The molecule has 142 valence electrons. The third-order valence-electron chi connectivity index (χ3n) is 4.41. The molecule has 1 atom stereocenters. The lowest BCUT2D eigenvalue weighted by atomic mass is 10.2. The molecule has 0 spiro atoms. The summed E-state index contributed by atoms with van der Waals surface area (Å²) >= 11 is 5.20. The van der Waals surface area contributed by atoms with Crippen molar-refractivity contribution in [1.29, 1.82) is 0 Å². The smallest absolute Gasteiger partial charge is 0.288 e. The van der Waals surface area contributed by atoms with Gasteiger partial charge in [0.25, 0.3) is 10.7 Å². The van der Waals surface area contributed by atoms with E-state index in [2.05, 4.69) is 5.10 Å². The number of amides is 2. The van der Waals surface area contributed by atoms with Crippen LogP contribution in [0.2, 0.25) is 0 Å². The fourth-order valence-electron chi connectivity index (χ4n) is 3.00. The van der Waals surface area contributed by atoms with Gasteiger partial charge in [0.15, 0.2) is 0 Å². The number of aromatic nitrogens is 2. The maximum atomic E-state index is 13.1. The molecule has 0 aliphatic carbocycles. The average Bonchev–Trinajstić information content (AvgIpc) is 3.22. The van der Waals surface area contributed by atoms with Crippen LogP contribution in [-0.2, 0) is 9.59 Å². The Balaban J connectivity index is 1.65. The van der Waals surface area contributed by atoms with E-state index in [9.17, 15) is 14.0 Å². The molecule has 9 heteroatoms. The first-order chi connectivity index (χ1) is 13.5. The third-order valence-corrected chi connectivity index (χ3v) is 4.68. The van der Waals surface area contributed by atoms with Gasteiger partial charge in [-0.3, -0.25) is 9.59 Å². The van der Waals surface area contributed by atoms with E-state index in [1.54, 1.807) is 31.4 Å². The fourth-order valence-corrected chi connectivity index (χ4v) is 3.25. The van der Waals surface area contributed by atoms with Crippen LogP contribution in [0, 0.1) is 10.7 Å². The molecule has 3 aromatic rings. The van der Waals surface area contributed by atoms with Crippen molar-refractivity contribution in [2.24, 2.45) is 0 Å². The molecule has 4 rings (SSSR count). The van der Waals surface area contributed by atoms with E-state index >= 15 is 0 Å². The number of nitrogens with zero attached hydrogens (tertiary/aromatic N) is 3. The summed E-state index contributed by atoms with van der Waals surface area (Å²) in [6.45, 7) is 0. The van der Waals surface area contributed by atoms with Crippen molar-refractivity contribution in [2.45, 2.75) is 12.5 Å². The Morgan fingerprint density at radius 2 is 1.82 bits per heavy atom. The minimum absolute atomic E-state index is 0.0158. The molecule has 28 heavy (non-hydrogen) atoms. The number of halogens is 1. The van der Waals surface area contributed by atoms with Crippen molar-refractivity contribution in [3.63, 3.8) is 0 Å². The van der Waals surface area contributed by atoms with Gasteiger partial charge in [0.1, 0.15) is 17.6 Å². The number of hydrogen-bond acceptors (Lipinski definition) is 6. The highest BCUT2D eigenvalue weighted by Gasteiger charge is 2.42. The molecule has 1 aromatic heterocycles. The molecular weight excluding hydrogens is 385 g/mol. The van der Waals surface area contributed by atoms with E-state index in [1.807, 2.05) is 0 Å². The Hall–Kier alpha value is -3.33. The summed E-state index contributed by atoms with van der Waals surface area (Å²) in [5.74, 6) is -0.469. The van der Waals surface area contributed by atoms with Crippen molar-refractivity contribution >= 4 is 29.7 Å². The Kier molecular flexibility index (Phi) is 4.52. The lowest BCUT2D eigenvalue weighted by Crippen LogP contribution is -2.31. The standard InChI is InChI=1S/C19H14FN3O4S/c1-26-14-8-2-11(3-9-14)17-21-23(19(28)27-17)15-10-16(24)22(18(15)25)13-6-4-12(20)5-7-13/h2-9,15H,10H2,1H3/t15-/m1/s1. The molecule has 2 aromatic carbocycles. The first kappa shape index (κ1) is 18.1. The fraction of sp³-hybridized carbons (Fsp3) is 0.158. The number of imide groups is 1. The minimum Gasteiger partial charge on any atom is -0.497 e. The lowest BCUT2D eigenvalue weighted by molar-refractivity contribution is -0.122. The van der Waals surface area contributed by atoms with Crippen LogP contribution in [0.25, 0.3) is 11.5 Å². The topological polar surface area (TPSA) is 77.6 Å². The number of rotatable bonds is 4. The van der Waals surface area contributed by atoms with Crippen LogP contribution < -0.4 is 9.64 Å². The normalized spacial score (nSPS) is 16.6. The predicted molar refractivity (Wildman–Crippen MR) is 99.9 cm³/mol. The first-order valence-corrected chi connectivity index (χ1v) is 8.75. The van der Waals surface area contributed by atoms with Crippen LogP contribution in [0.5, 0.6) is 5.75 Å². The number of methoxy groups -OCH3 is 1. The maximum absolute atomic E-state index is 13.1. The molecule has 0 saturated carbocycles. The summed E-state index contributed by atoms with van der Waals surface area (Å²) in [5.41, 5.74) is 0.946. The lowest BCUT2D eigenvalue weighted by Gasteiger charge is -2.14. The van der Waals surface area contributed by atoms with Crippen molar-refractivity contribution in [3.05, 3.63) is 59.2 Å². The molecule has 1 aliphatic heterocycles. The van der Waals surface area contributed by atoms with Gasteiger partial charge in [0.2, 0.25) is 11.8 Å². The Labute approximate surface area is 163 Å². The molecule has 2 amide bonds. The molecule has 7 nitrogen and oxygen atoms in total. The van der Waals surface area contributed by atoms with Crippen LogP contribution in [0.1, 0.15) is 12.5 Å². The zero-order valence-electron chi connectivity index (χ0n) is 14.7. The van der Waals surface area contributed by atoms with Gasteiger partial charge in [-0.25, -0.2) is 14.0 Å². The van der Waals surface area contributed by atoms with Crippen LogP contribution in [0.3, 0.4) is 0 Å². The van der Waals surface area contributed by atoms with Gasteiger partial charge in [0, 0.05) is 5.56 Å². The molecule has 0 unspecified atom stereocenters. The van der Waals surface area contributed by atoms with Gasteiger partial charge in [0.05, 0.1) is 19.2 Å². The number of carbonyl (C=O) groups is 2. The number of hydrogen-bond donors (Lipinski definition) is 0. The highest BCUT2D eigenvalue weighted by molar-refractivity contribution is 7.71. The number of ether oxygens (including phenoxy) is 1. The molecule has 1 fully saturated rings. The zero-order chi connectivity index (χ0) is 19.8. The van der Waals surface area contributed by atoms with Crippen LogP contribution >= 0.6 is 12.2 Å². The SMILES string of the molecule is COc1ccc(-c2nn([C@@H]3CC(=O)N(c4ccc(F)cc4)C3=O)c(=S)o2)cc1. The van der Waals surface area contributed by atoms with E-state index in [4.69, 9.17) is 21.4 Å². The van der Waals surface area contributed by atoms with Gasteiger partial charge in [-0.05, 0) is 60.7 Å². The van der Waals surface area contributed by atoms with Crippen molar-refractivity contribution in [2.75, 3.05) is 12.0 Å². The molecule has 1 aliphatic rings. The summed E-state index contributed by atoms with van der Waals surface area (Å²) in [6.07, 6.45) is -0.112. The second-order valence-electron chi connectivity index (χ2n) is 6.11. The van der Waals surface area contributed by atoms with Gasteiger partial charge < -0.3 is 9.15 Å². The molecular formula is C19H14FN3O4S. The van der Waals surface area contributed by atoms with Crippen LogP contribution in [0.15, 0.2) is 52.9 Å². The van der Waals surface area contributed by atoms with E-state index in [-0.39, 0.29) is 17.1 Å². The van der Waals surface area contributed by atoms with Crippen LogP contribution in [-0.4, -0.2) is 28.7 Å². The van der Waals surface area contributed by atoms with E-state index in [0.29, 0.717) is 17.0 Å². The van der Waals surface area contributed by atoms with Crippen molar-refractivity contribution in [1.82, 2.24) is 9.78 Å². The molecule has 2 heterocycles. The van der Waals surface area contributed by atoms with Crippen molar-refractivity contribution < 1.29 is 23.1 Å². The van der Waals surface area contributed by atoms with Gasteiger partial charge in [-0.15, -0.1) is 5.10 Å². The molecule has 1 saturated heterocycles. The number of benzene rings is 2. The first-order valence-electron chi connectivity index (χ1n) is 8.34. The van der Waals surface area contributed by atoms with Gasteiger partial charge in [-0.1, -0.05) is 0 Å². The monoisotopic (exact) mass is 399 g/mol. The third kappa shape index (κ3) is 3.09. The molecule has 0 radical (unpaired) electrons. The second-order valence-corrected chi connectivity index (χ2v) is 6.46. The van der Waals surface area contributed by atoms with Gasteiger partial charge in [-0.2, -0.15) is 0 Å². The van der Waals surface area contributed by atoms with Gasteiger partial charge >= 0.3 is 0 Å². The molecule has 0 bridgehead atoms. The summed E-state index contributed by atoms with van der Waals surface area (Å²) in [4.78, 5) is 26.2. The number of anilines is 1. The highest BCUT2D eigenvalue weighted by atomic mass is 32.1. The average molecular weight is 399 g/mol. The Morgan fingerprint density at radius 3 is 2.46 bits per heavy atom. The van der Waals surface area contributed by atoms with E-state index in [0.717, 1.165) is 4.90 Å². The summed E-state index contributed by atoms with van der Waals surface area (Å²) in [7, 11) is 1.56. The van der Waals surface area contributed by atoms with Crippen molar-refractivity contribution in [3.8, 4) is 17.2 Å². The number of carbonyl (C=O) groups excluding carboxylic acids is 2. The minimum atomic E-state index is -0.916. The highest BCUT2D eigenvalue weighted by Crippen LogP contribution is 2.31. The summed E-state index contributed by atoms with van der Waals surface area (Å²) in [5, 5.41) is 4.29. The quantitative estimate of drug-likeness (QED) is 0.493. The Morgan fingerprint density at radius 1 is 1.14 bits per heavy atom. The maximum Gasteiger partial charge on any atom is 0.288 e. The van der Waals surface area contributed by atoms with E-state index < -0.39 is 23.7 Å². The van der Waals surface area contributed by atoms with Crippen LogP contribution in [0.4, 0.5) is 10.1 Å². The zero-order valence-corrected chi connectivity index (χ0v) is 15.5. The largest absolute Gasteiger partial charge is 0.497 e.